The quantitative estimate of drug-likeness (QED) is 0.314. The Bertz CT molecular complexity index is 1220. The van der Waals surface area contributed by atoms with Crippen LogP contribution in [0.1, 0.15) is 22.6 Å². The molecule has 1 heterocycles. The van der Waals surface area contributed by atoms with Crippen LogP contribution in [0.5, 0.6) is 0 Å². The number of nitrogens with zero attached hydrogens (tertiary/aromatic N) is 1. The van der Waals surface area contributed by atoms with E-state index in [4.69, 9.17) is 9.84 Å². The second-order valence-corrected chi connectivity index (χ2v) is 7.84. The number of carbonyl (C=O) groups excluding carboxylic acids is 3. The van der Waals surface area contributed by atoms with Gasteiger partial charge < -0.3 is 15.2 Å². The molecule has 0 saturated carbocycles. The maximum atomic E-state index is 12.6. The van der Waals surface area contributed by atoms with Crippen molar-refractivity contribution in [1.82, 2.24) is 21.2 Å². The first kappa shape index (κ1) is 23.4. The van der Waals surface area contributed by atoms with Gasteiger partial charge in [0.25, 0.3) is 5.91 Å². The average Bonchev–Trinajstić information content (AvgIpc) is 3.19. The van der Waals surface area contributed by atoms with Crippen LogP contribution < -0.4 is 16.2 Å². The van der Waals surface area contributed by atoms with E-state index in [0.29, 0.717) is 5.56 Å². The standard InChI is InChI=1S/C25H22N4O6/c30-22(21(27-23(31)24(32)33)12-15-6-5-11-26-13-15)28-29-25(34)35-14-20-18-9-3-1-7-16(18)17-8-2-4-10-19(17)20/h1-11,13,20-21H,12,14H2,(H,27,31)(H,28,30)(H,29,34)(H,32,33). The number of hydrazine groups is 1. The number of hydrogen-bond acceptors (Lipinski definition) is 6. The number of nitrogens with one attached hydrogen (secondary N) is 3. The van der Waals surface area contributed by atoms with Gasteiger partial charge in [0.05, 0.1) is 0 Å². The molecule has 0 aliphatic heterocycles. The fourth-order valence-electron chi connectivity index (χ4n) is 4.02. The molecule has 3 aromatic rings. The average molecular weight is 474 g/mol. The van der Waals surface area contributed by atoms with Gasteiger partial charge in [0.15, 0.2) is 0 Å². The molecule has 0 radical (unpaired) electrons. The molecule has 1 aliphatic rings. The largest absolute Gasteiger partial charge is 0.474 e. The van der Waals surface area contributed by atoms with Crippen LogP contribution in [-0.4, -0.2) is 46.6 Å². The van der Waals surface area contributed by atoms with Gasteiger partial charge in [-0.15, -0.1) is 0 Å². The number of aromatic nitrogens is 1. The van der Waals surface area contributed by atoms with Gasteiger partial charge in [0, 0.05) is 24.7 Å². The number of ether oxygens (including phenoxy) is 1. The van der Waals surface area contributed by atoms with E-state index in [0.717, 1.165) is 22.3 Å². The van der Waals surface area contributed by atoms with Gasteiger partial charge in [0.2, 0.25) is 0 Å². The number of benzene rings is 2. The maximum Gasteiger partial charge on any atom is 0.426 e. The highest BCUT2D eigenvalue weighted by atomic mass is 16.6. The van der Waals surface area contributed by atoms with Crippen LogP contribution in [0, 0.1) is 0 Å². The lowest BCUT2D eigenvalue weighted by molar-refractivity contribution is -0.151. The number of carboxylic acids is 1. The molecule has 2 aromatic carbocycles. The van der Waals surface area contributed by atoms with E-state index in [1.54, 1.807) is 12.1 Å². The van der Waals surface area contributed by atoms with Crippen molar-refractivity contribution >= 4 is 23.9 Å². The van der Waals surface area contributed by atoms with Crippen molar-refractivity contribution < 1.29 is 29.0 Å². The number of rotatable bonds is 6. The first-order chi connectivity index (χ1) is 16.9. The number of fused-ring (bicyclic) bond motifs is 3. The molecule has 1 aliphatic carbocycles. The van der Waals surface area contributed by atoms with Crippen molar-refractivity contribution in [2.45, 2.75) is 18.4 Å². The predicted molar refractivity (Wildman–Crippen MR) is 124 cm³/mol. The first-order valence-electron chi connectivity index (χ1n) is 10.8. The SMILES string of the molecule is O=C(NNC(=O)C(Cc1cccnc1)NC(=O)C(=O)O)OCC1c2ccccc2-c2ccccc21. The van der Waals surface area contributed by atoms with Crippen molar-refractivity contribution in [3.05, 3.63) is 89.7 Å². The smallest absolute Gasteiger partial charge is 0.426 e. The summed E-state index contributed by atoms with van der Waals surface area (Å²) in [5, 5.41) is 11.0. The zero-order chi connectivity index (χ0) is 24.8. The second-order valence-electron chi connectivity index (χ2n) is 7.84. The molecule has 4 N–H and O–H groups in total. The van der Waals surface area contributed by atoms with E-state index < -0.39 is 29.9 Å². The summed E-state index contributed by atoms with van der Waals surface area (Å²) in [4.78, 5) is 51.4. The third kappa shape index (κ3) is 5.44. The Morgan fingerprint density at radius 1 is 0.914 bits per heavy atom. The molecule has 1 atom stereocenters. The zero-order valence-corrected chi connectivity index (χ0v) is 18.4. The summed E-state index contributed by atoms with van der Waals surface area (Å²) in [7, 11) is 0. The molecule has 178 valence electrons. The highest BCUT2D eigenvalue weighted by Crippen LogP contribution is 2.44. The van der Waals surface area contributed by atoms with Gasteiger partial charge in [-0.2, -0.15) is 0 Å². The number of amides is 3. The Morgan fingerprint density at radius 2 is 1.57 bits per heavy atom. The van der Waals surface area contributed by atoms with E-state index in [-0.39, 0.29) is 18.9 Å². The van der Waals surface area contributed by atoms with E-state index in [1.165, 1.54) is 12.4 Å². The summed E-state index contributed by atoms with van der Waals surface area (Å²) in [5.74, 6) is -4.07. The Balaban J connectivity index is 1.36. The molecule has 10 nitrogen and oxygen atoms in total. The number of hydrogen-bond donors (Lipinski definition) is 4. The van der Waals surface area contributed by atoms with Gasteiger partial charge in [0.1, 0.15) is 12.6 Å². The summed E-state index contributed by atoms with van der Waals surface area (Å²) in [5.41, 5.74) is 9.14. The molecule has 4 rings (SSSR count). The van der Waals surface area contributed by atoms with Gasteiger partial charge in [-0.25, -0.2) is 15.0 Å². The van der Waals surface area contributed by atoms with Crippen molar-refractivity contribution in [3.8, 4) is 11.1 Å². The number of carbonyl (C=O) groups is 4. The Hall–Kier alpha value is -4.73. The number of aliphatic carboxylic acids is 1. The van der Waals surface area contributed by atoms with Crippen molar-refractivity contribution in [2.24, 2.45) is 0 Å². The minimum Gasteiger partial charge on any atom is -0.474 e. The topological polar surface area (TPSA) is 147 Å². The zero-order valence-electron chi connectivity index (χ0n) is 18.4. The fraction of sp³-hybridized carbons (Fsp3) is 0.160. The van der Waals surface area contributed by atoms with Crippen molar-refractivity contribution in [2.75, 3.05) is 6.61 Å². The number of pyridine rings is 1. The van der Waals surface area contributed by atoms with Crippen LogP contribution in [0.15, 0.2) is 73.1 Å². The molecule has 10 heteroatoms. The van der Waals surface area contributed by atoms with E-state index in [2.05, 4.69) is 21.2 Å². The molecular formula is C25H22N4O6. The Morgan fingerprint density at radius 3 is 2.17 bits per heavy atom. The minimum absolute atomic E-state index is 0.0366. The molecule has 1 aromatic heterocycles. The summed E-state index contributed by atoms with van der Waals surface area (Å²) >= 11 is 0. The summed E-state index contributed by atoms with van der Waals surface area (Å²) < 4.78 is 5.35. The predicted octanol–water partition coefficient (Wildman–Crippen LogP) is 1.76. The van der Waals surface area contributed by atoms with Gasteiger partial charge >= 0.3 is 18.0 Å². The molecule has 0 bridgehead atoms. The normalized spacial score (nSPS) is 12.6. The van der Waals surface area contributed by atoms with Crippen LogP contribution in [0.4, 0.5) is 4.79 Å². The molecular weight excluding hydrogens is 452 g/mol. The summed E-state index contributed by atoms with van der Waals surface area (Å²) in [6.07, 6.45) is 2.08. The lowest BCUT2D eigenvalue weighted by atomic mass is 9.98. The Kier molecular flexibility index (Phi) is 7.01. The van der Waals surface area contributed by atoms with Crippen molar-refractivity contribution in [3.63, 3.8) is 0 Å². The fourth-order valence-corrected chi connectivity index (χ4v) is 4.02. The van der Waals surface area contributed by atoms with Gasteiger partial charge in [-0.1, -0.05) is 54.6 Å². The minimum atomic E-state index is -1.74. The van der Waals surface area contributed by atoms with Gasteiger partial charge in [-0.05, 0) is 33.9 Å². The van der Waals surface area contributed by atoms with E-state index in [1.807, 2.05) is 48.5 Å². The highest BCUT2D eigenvalue weighted by Gasteiger charge is 2.29. The second kappa shape index (κ2) is 10.5. The maximum absolute atomic E-state index is 12.6. The molecule has 0 saturated heterocycles. The molecule has 0 spiro atoms. The first-order valence-corrected chi connectivity index (χ1v) is 10.8. The van der Waals surface area contributed by atoms with Crippen LogP contribution in [0.2, 0.25) is 0 Å². The lowest BCUT2D eigenvalue weighted by Crippen LogP contribution is -2.54. The number of carboxylic acid groups (broad SMARTS) is 1. The third-order valence-corrected chi connectivity index (χ3v) is 5.61. The molecule has 3 amide bonds. The van der Waals surface area contributed by atoms with Gasteiger partial charge in [-0.3, -0.25) is 20.0 Å². The van der Waals surface area contributed by atoms with Crippen LogP contribution in [0.25, 0.3) is 11.1 Å². The van der Waals surface area contributed by atoms with E-state index >= 15 is 0 Å². The van der Waals surface area contributed by atoms with E-state index in [9.17, 15) is 19.2 Å². The summed E-state index contributed by atoms with van der Waals surface area (Å²) in [6, 6.07) is 17.8. The summed E-state index contributed by atoms with van der Waals surface area (Å²) in [6.45, 7) is 0.0462. The third-order valence-electron chi connectivity index (χ3n) is 5.61. The Labute approximate surface area is 200 Å². The van der Waals surface area contributed by atoms with Crippen LogP contribution in [-0.2, 0) is 25.5 Å². The van der Waals surface area contributed by atoms with Crippen LogP contribution in [0.3, 0.4) is 0 Å². The highest BCUT2D eigenvalue weighted by molar-refractivity contribution is 6.32. The molecule has 1 unspecified atom stereocenters. The molecule has 0 fully saturated rings. The molecule has 35 heavy (non-hydrogen) atoms. The lowest BCUT2D eigenvalue weighted by Gasteiger charge is -2.18. The van der Waals surface area contributed by atoms with Crippen molar-refractivity contribution in [1.29, 1.82) is 0 Å². The van der Waals surface area contributed by atoms with Crippen LogP contribution >= 0.6 is 0 Å². The monoisotopic (exact) mass is 474 g/mol.